The lowest BCUT2D eigenvalue weighted by Gasteiger charge is -2.17. The summed E-state index contributed by atoms with van der Waals surface area (Å²) >= 11 is 0. The van der Waals surface area contributed by atoms with Gasteiger partial charge in [0.2, 0.25) is 0 Å². The zero-order valence-electron chi connectivity index (χ0n) is 14.1. The van der Waals surface area contributed by atoms with E-state index in [0.717, 1.165) is 44.2 Å². The zero-order valence-corrected chi connectivity index (χ0v) is 14.1. The number of methoxy groups -OCH3 is 2. The van der Waals surface area contributed by atoms with Crippen molar-refractivity contribution in [3.63, 3.8) is 0 Å². The fourth-order valence-electron chi connectivity index (χ4n) is 3.43. The van der Waals surface area contributed by atoms with E-state index in [1.807, 2.05) is 60.7 Å². The molecular formula is C22H18O3. The minimum atomic E-state index is 0.217. The molecule has 4 aromatic carbocycles. The molecule has 0 atom stereocenters. The number of fused-ring (bicyclic) bond motifs is 2. The number of phenolic OH excluding ortho intramolecular Hbond substituents is 1. The van der Waals surface area contributed by atoms with E-state index in [0.29, 0.717) is 0 Å². The molecule has 4 rings (SSSR count). The Balaban J connectivity index is 2.17. The van der Waals surface area contributed by atoms with Crippen molar-refractivity contribution in [2.24, 2.45) is 0 Å². The van der Waals surface area contributed by atoms with Crippen LogP contribution in [0.2, 0.25) is 0 Å². The van der Waals surface area contributed by atoms with Crippen molar-refractivity contribution in [1.29, 1.82) is 0 Å². The second-order valence-electron chi connectivity index (χ2n) is 5.89. The normalized spacial score (nSPS) is 11.0. The fourth-order valence-corrected chi connectivity index (χ4v) is 3.43. The summed E-state index contributed by atoms with van der Waals surface area (Å²) in [7, 11) is 3.31. The van der Waals surface area contributed by atoms with Crippen molar-refractivity contribution in [2.75, 3.05) is 14.2 Å². The molecule has 0 aliphatic rings. The van der Waals surface area contributed by atoms with Crippen LogP contribution in [0.4, 0.5) is 0 Å². The van der Waals surface area contributed by atoms with Gasteiger partial charge in [-0.25, -0.2) is 0 Å². The second kappa shape index (κ2) is 6.02. The smallest absolute Gasteiger partial charge is 0.134 e. The number of aromatic hydroxyl groups is 1. The van der Waals surface area contributed by atoms with Gasteiger partial charge < -0.3 is 14.6 Å². The van der Waals surface area contributed by atoms with Gasteiger partial charge in [-0.05, 0) is 22.9 Å². The largest absolute Gasteiger partial charge is 0.507 e. The molecule has 0 saturated carbocycles. The summed E-state index contributed by atoms with van der Waals surface area (Å²) in [5.74, 6) is 1.69. The van der Waals surface area contributed by atoms with E-state index in [1.165, 1.54) is 0 Å². The average molecular weight is 330 g/mol. The van der Waals surface area contributed by atoms with Gasteiger partial charge in [-0.2, -0.15) is 0 Å². The van der Waals surface area contributed by atoms with Crippen molar-refractivity contribution in [1.82, 2.24) is 0 Å². The minimum absolute atomic E-state index is 0.217. The molecule has 25 heavy (non-hydrogen) atoms. The number of ether oxygens (including phenoxy) is 2. The maximum atomic E-state index is 10.6. The number of benzene rings is 4. The van der Waals surface area contributed by atoms with Crippen LogP contribution in [0.1, 0.15) is 0 Å². The molecule has 0 radical (unpaired) electrons. The molecule has 3 nitrogen and oxygen atoms in total. The Morgan fingerprint density at radius 2 is 1.40 bits per heavy atom. The Morgan fingerprint density at radius 1 is 0.720 bits per heavy atom. The van der Waals surface area contributed by atoms with Gasteiger partial charge in [-0.15, -0.1) is 0 Å². The van der Waals surface area contributed by atoms with Crippen molar-refractivity contribution in [3.05, 3.63) is 66.7 Å². The van der Waals surface area contributed by atoms with Crippen LogP contribution in [0.5, 0.6) is 17.2 Å². The van der Waals surface area contributed by atoms with Crippen molar-refractivity contribution >= 4 is 21.5 Å². The van der Waals surface area contributed by atoms with Gasteiger partial charge in [-0.1, -0.05) is 54.6 Å². The topological polar surface area (TPSA) is 38.7 Å². The van der Waals surface area contributed by atoms with Crippen LogP contribution in [0, 0.1) is 0 Å². The Morgan fingerprint density at radius 3 is 2.12 bits per heavy atom. The van der Waals surface area contributed by atoms with Crippen LogP contribution >= 0.6 is 0 Å². The summed E-state index contributed by atoms with van der Waals surface area (Å²) in [6.45, 7) is 0. The van der Waals surface area contributed by atoms with Gasteiger partial charge >= 0.3 is 0 Å². The SMILES string of the molecule is COc1cc(-c2c(O)ccc3ccccc23)c(OC)c2ccccc12. The van der Waals surface area contributed by atoms with Crippen molar-refractivity contribution in [2.45, 2.75) is 0 Å². The number of phenols is 1. The van der Waals surface area contributed by atoms with Crippen LogP contribution in [-0.2, 0) is 0 Å². The molecule has 0 aliphatic heterocycles. The summed E-state index contributed by atoms with van der Waals surface area (Å²) in [5.41, 5.74) is 1.56. The summed E-state index contributed by atoms with van der Waals surface area (Å²) in [4.78, 5) is 0. The third-order valence-electron chi connectivity index (χ3n) is 4.56. The van der Waals surface area contributed by atoms with E-state index in [-0.39, 0.29) is 5.75 Å². The molecule has 0 heterocycles. The first-order chi connectivity index (χ1) is 12.2. The maximum absolute atomic E-state index is 10.6. The molecule has 0 bridgehead atoms. The number of rotatable bonds is 3. The molecule has 0 amide bonds. The van der Waals surface area contributed by atoms with Gasteiger partial charge in [0.05, 0.1) is 14.2 Å². The summed E-state index contributed by atoms with van der Waals surface area (Å²) in [6, 6.07) is 21.5. The van der Waals surface area contributed by atoms with Gasteiger partial charge in [0.25, 0.3) is 0 Å². The lowest BCUT2D eigenvalue weighted by molar-refractivity contribution is 0.411. The van der Waals surface area contributed by atoms with E-state index in [4.69, 9.17) is 9.47 Å². The second-order valence-corrected chi connectivity index (χ2v) is 5.89. The molecule has 0 unspecified atom stereocenters. The molecule has 0 saturated heterocycles. The third kappa shape index (κ3) is 2.36. The first kappa shape index (κ1) is 15.3. The van der Waals surface area contributed by atoms with Crippen LogP contribution in [0.3, 0.4) is 0 Å². The highest BCUT2D eigenvalue weighted by molar-refractivity contribution is 6.06. The molecule has 3 heteroatoms. The Labute approximate surface area is 146 Å². The van der Waals surface area contributed by atoms with Gasteiger partial charge in [0, 0.05) is 21.9 Å². The molecule has 0 aromatic heterocycles. The molecule has 0 spiro atoms. The predicted molar refractivity (Wildman–Crippen MR) is 102 cm³/mol. The first-order valence-corrected chi connectivity index (χ1v) is 8.09. The van der Waals surface area contributed by atoms with Crippen LogP contribution < -0.4 is 9.47 Å². The maximum Gasteiger partial charge on any atom is 0.134 e. The van der Waals surface area contributed by atoms with E-state index < -0.39 is 0 Å². The van der Waals surface area contributed by atoms with Gasteiger partial charge in [0.15, 0.2) is 0 Å². The zero-order chi connectivity index (χ0) is 17.4. The fraction of sp³-hybridized carbons (Fsp3) is 0.0909. The lowest BCUT2D eigenvalue weighted by atomic mass is 9.93. The molecule has 1 N–H and O–H groups in total. The Bertz CT molecular complexity index is 1080. The highest BCUT2D eigenvalue weighted by Crippen LogP contribution is 2.46. The quantitative estimate of drug-likeness (QED) is 0.548. The van der Waals surface area contributed by atoms with Crippen molar-refractivity contribution in [3.8, 4) is 28.4 Å². The van der Waals surface area contributed by atoms with Gasteiger partial charge in [-0.3, -0.25) is 0 Å². The molecule has 0 fully saturated rings. The highest BCUT2D eigenvalue weighted by atomic mass is 16.5. The summed E-state index contributed by atoms with van der Waals surface area (Å²) in [6.07, 6.45) is 0. The van der Waals surface area contributed by atoms with E-state index in [2.05, 4.69) is 0 Å². The highest BCUT2D eigenvalue weighted by Gasteiger charge is 2.19. The monoisotopic (exact) mass is 330 g/mol. The molecular weight excluding hydrogens is 312 g/mol. The molecule has 124 valence electrons. The Kier molecular flexibility index (Phi) is 3.69. The van der Waals surface area contributed by atoms with Crippen LogP contribution in [-0.4, -0.2) is 19.3 Å². The summed E-state index contributed by atoms with van der Waals surface area (Å²) in [5, 5.41) is 14.6. The predicted octanol–water partition coefficient (Wildman–Crippen LogP) is 5.38. The number of hydrogen-bond acceptors (Lipinski definition) is 3. The van der Waals surface area contributed by atoms with Crippen molar-refractivity contribution < 1.29 is 14.6 Å². The van der Waals surface area contributed by atoms with Crippen LogP contribution in [0.15, 0.2) is 66.7 Å². The lowest BCUT2D eigenvalue weighted by Crippen LogP contribution is -1.94. The molecule has 4 aromatic rings. The number of hydrogen-bond donors (Lipinski definition) is 1. The van der Waals surface area contributed by atoms with Crippen LogP contribution in [0.25, 0.3) is 32.7 Å². The third-order valence-corrected chi connectivity index (χ3v) is 4.56. The first-order valence-electron chi connectivity index (χ1n) is 8.09. The minimum Gasteiger partial charge on any atom is -0.507 e. The van der Waals surface area contributed by atoms with E-state index in [9.17, 15) is 5.11 Å². The standard InChI is InChI=1S/C22H18O3/c1-24-20-13-18(22(25-2)17-10-6-5-9-16(17)20)21-15-8-4-3-7-14(15)11-12-19(21)23/h3-13,23H,1-2H3. The van der Waals surface area contributed by atoms with E-state index in [1.54, 1.807) is 20.3 Å². The Hall–Kier alpha value is -3.20. The average Bonchev–Trinajstić information content (AvgIpc) is 2.66. The summed E-state index contributed by atoms with van der Waals surface area (Å²) < 4.78 is 11.4. The molecule has 0 aliphatic carbocycles. The van der Waals surface area contributed by atoms with E-state index >= 15 is 0 Å². The van der Waals surface area contributed by atoms with Gasteiger partial charge in [0.1, 0.15) is 17.2 Å².